The van der Waals surface area contributed by atoms with Gasteiger partial charge in [0, 0.05) is 25.6 Å². The quantitative estimate of drug-likeness (QED) is 0.337. The molecule has 0 saturated carbocycles. The number of guanidine groups is 1. The summed E-state index contributed by atoms with van der Waals surface area (Å²) < 4.78 is 10.1. The van der Waals surface area contributed by atoms with Gasteiger partial charge in [-0.2, -0.15) is 0 Å². The van der Waals surface area contributed by atoms with Gasteiger partial charge in [-0.3, -0.25) is 10.7 Å². The second-order valence-electron chi connectivity index (χ2n) is 3.79. The van der Waals surface area contributed by atoms with Crippen molar-refractivity contribution in [3.05, 3.63) is 17.5 Å². The number of aryl methyl sites for hydroxylation is 2. The zero-order valence-electron chi connectivity index (χ0n) is 11.2. The molecule has 0 amide bonds. The number of nitrogens with one attached hydrogen (secondary N) is 2. The summed E-state index contributed by atoms with van der Waals surface area (Å²) in [5.74, 6) is 0.808. The summed E-state index contributed by atoms with van der Waals surface area (Å²) in [6.45, 7) is 4.22. The Kier molecular flexibility index (Phi) is 5.47. The molecule has 0 saturated heterocycles. The van der Waals surface area contributed by atoms with Crippen molar-refractivity contribution >= 4 is 11.9 Å². The summed E-state index contributed by atoms with van der Waals surface area (Å²) in [5.41, 5.74) is 7.53. The van der Waals surface area contributed by atoms with Crippen LogP contribution in [0.3, 0.4) is 0 Å². The van der Waals surface area contributed by atoms with Gasteiger partial charge in [-0.25, -0.2) is 15.3 Å². The number of nitrogens with two attached hydrogens (primary N) is 1. The Morgan fingerprint density at radius 2 is 1.89 bits per heavy atom. The molecule has 0 aromatic carbocycles. The van der Waals surface area contributed by atoms with Crippen LogP contribution in [0.15, 0.2) is 6.07 Å². The number of nitrogens with zero attached hydrogens (tertiary/aromatic N) is 2. The fraction of sp³-hybridized carbons (Fsp3) is 0.545. The van der Waals surface area contributed by atoms with Crippen LogP contribution in [0.5, 0.6) is 0 Å². The first-order chi connectivity index (χ1) is 8.55. The average Bonchev–Trinajstić information content (AvgIpc) is 2.28. The monoisotopic (exact) mass is 254 g/mol. The molecule has 1 heterocycles. The molecule has 0 bridgehead atoms. The van der Waals surface area contributed by atoms with Crippen molar-refractivity contribution in [3.63, 3.8) is 0 Å². The van der Waals surface area contributed by atoms with E-state index >= 15 is 0 Å². The van der Waals surface area contributed by atoms with E-state index in [2.05, 4.69) is 20.3 Å². The first kappa shape index (κ1) is 14.3. The Hall–Kier alpha value is -1.73. The molecule has 1 rings (SSSR count). The van der Waals surface area contributed by atoms with Crippen molar-refractivity contribution in [3.8, 4) is 0 Å². The first-order valence-electron chi connectivity index (χ1n) is 5.56. The maximum Gasteiger partial charge on any atom is 0.348 e. The number of rotatable bonds is 5. The highest BCUT2D eigenvalue weighted by atomic mass is 16.7. The highest BCUT2D eigenvalue weighted by molar-refractivity contribution is 5.85. The van der Waals surface area contributed by atoms with Crippen LogP contribution < -0.4 is 16.0 Å². The van der Waals surface area contributed by atoms with Gasteiger partial charge in [-0.1, -0.05) is 0 Å². The van der Waals surface area contributed by atoms with E-state index in [1.165, 1.54) is 0 Å². The lowest BCUT2D eigenvalue weighted by atomic mass is 10.4. The summed E-state index contributed by atoms with van der Waals surface area (Å²) >= 11 is 0. The Labute approximate surface area is 106 Å². The summed E-state index contributed by atoms with van der Waals surface area (Å²) in [6, 6.07) is 1.89. The van der Waals surface area contributed by atoms with E-state index in [1.807, 2.05) is 19.9 Å². The van der Waals surface area contributed by atoms with E-state index < -0.39 is 0 Å². The number of anilines is 1. The van der Waals surface area contributed by atoms with Crippen LogP contribution in [0.1, 0.15) is 11.4 Å². The zero-order chi connectivity index (χ0) is 13.5. The predicted octanol–water partition coefficient (Wildman–Crippen LogP) is -1.48. The number of hydrogen-bond donors (Lipinski definition) is 3. The van der Waals surface area contributed by atoms with E-state index in [0.29, 0.717) is 18.5 Å². The highest BCUT2D eigenvalue weighted by Crippen LogP contribution is 2.02. The summed E-state index contributed by atoms with van der Waals surface area (Å²) in [6.07, 6.45) is -0.356. The molecule has 0 spiro atoms. The van der Waals surface area contributed by atoms with E-state index in [9.17, 15) is 0 Å². The van der Waals surface area contributed by atoms with Gasteiger partial charge in [-0.15, -0.1) is 0 Å². The first-order valence-corrected chi connectivity index (χ1v) is 5.56. The molecule has 1 aromatic rings. The van der Waals surface area contributed by atoms with Crippen molar-refractivity contribution in [1.29, 1.82) is 0 Å². The third-order valence-corrected chi connectivity index (χ3v) is 2.21. The van der Waals surface area contributed by atoms with Gasteiger partial charge in [0.2, 0.25) is 0 Å². The van der Waals surface area contributed by atoms with Crippen LogP contribution in [0.4, 0.5) is 5.95 Å². The minimum Gasteiger partial charge on any atom is -0.353 e. The lowest BCUT2D eigenvalue weighted by Gasteiger charge is -2.09. The van der Waals surface area contributed by atoms with Crippen molar-refractivity contribution in [2.24, 2.45) is 5.73 Å². The lowest BCUT2D eigenvalue weighted by molar-refractivity contribution is -0.484. The summed E-state index contributed by atoms with van der Waals surface area (Å²) in [7, 11) is 3.12. The molecule has 0 fully saturated rings. The molecule has 0 aliphatic rings. The smallest absolute Gasteiger partial charge is 0.348 e. The molecule has 1 aromatic heterocycles. The third-order valence-electron chi connectivity index (χ3n) is 2.21. The maximum atomic E-state index is 5.77. The summed E-state index contributed by atoms with van der Waals surface area (Å²) in [4.78, 5) is 11.4. The number of hydrogen-bond acceptors (Lipinski definition) is 4. The molecule has 7 heteroatoms. The minimum absolute atomic E-state index is 0.346. The molecule has 0 aliphatic carbocycles. The topological polar surface area (TPSA) is 96.3 Å². The largest absolute Gasteiger partial charge is 0.353 e. The van der Waals surface area contributed by atoms with Gasteiger partial charge in [0.15, 0.2) is 6.29 Å². The standard InChI is InChI=1S/C11H19N5O2/c1-7-5-8(2)15-11(14-7)16-10(12)13-6-9(17-3)18-4/h5,9H,6H2,1-4H3,(H3,12,13,14,15,16)/p+1. The highest BCUT2D eigenvalue weighted by Gasteiger charge is 2.08. The van der Waals surface area contributed by atoms with Crippen LogP contribution in [0, 0.1) is 13.8 Å². The Morgan fingerprint density at radius 3 is 2.39 bits per heavy atom. The number of aromatic nitrogens is 2. The molecule has 0 unspecified atom stereocenters. The molecular formula is C11H20N5O2+. The number of methoxy groups -OCH3 is 2. The maximum absolute atomic E-state index is 5.77. The second kappa shape index (κ2) is 6.87. The van der Waals surface area contributed by atoms with Crippen LogP contribution in [0.25, 0.3) is 0 Å². The van der Waals surface area contributed by atoms with E-state index in [1.54, 1.807) is 14.2 Å². The van der Waals surface area contributed by atoms with Gasteiger partial charge in [-0.05, 0) is 19.9 Å². The molecule has 0 atom stereocenters. The van der Waals surface area contributed by atoms with Crippen molar-refractivity contribution in [2.75, 3.05) is 26.1 Å². The molecule has 4 N–H and O–H groups in total. The van der Waals surface area contributed by atoms with E-state index in [0.717, 1.165) is 11.4 Å². The zero-order valence-corrected chi connectivity index (χ0v) is 11.2. The normalized spacial score (nSPS) is 11.9. The Bertz CT molecular complexity index is 398. The average molecular weight is 254 g/mol. The van der Waals surface area contributed by atoms with Crippen molar-refractivity contribution in [2.45, 2.75) is 20.1 Å². The second-order valence-corrected chi connectivity index (χ2v) is 3.79. The van der Waals surface area contributed by atoms with Gasteiger partial charge in [0.25, 0.3) is 5.95 Å². The van der Waals surface area contributed by atoms with Gasteiger partial charge >= 0.3 is 5.96 Å². The fourth-order valence-electron chi connectivity index (χ4n) is 1.40. The van der Waals surface area contributed by atoms with Gasteiger partial charge in [0.1, 0.15) is 6.54 Å². The molecule has 0 radical (unpaired) electrons. The SMILES string of the molecule is COC(C[NH+]=C(N)Nc1nc(C)cc(C)n1)OC. The van der Waals surface area contributed by atoms with Gasteiger partial charge in [0.05, 0.1) is 0 Å². The fourth-order valence-corrected chi connectivity index (χ4v) is 1.40. The van der Waals surface area contributed by atoms with Crippen molar-refractivity contribution < 1.29 is 14.5 Å². The molecular weight excluding hydrogens is 234 g/mol. The Balaban J connectivity index is 2.63. The van der Waals surface area contributed by atoms with Gasteiger partial charge < -0.3 is 9.47 Å². The van der Waals surface area contributed by atoms with Crippen LogP contribution >= 0.6 is 0 Å². The minimum atomic E-state index is -0.356. The van der Waals surface area contributed by atoms with E-state index in [-0.39, 0.29) is 6.29 Å². The Morgan fingerprint density at radius 1 is 1.33 bits per heavy atom. The predicted molar refractivity (Wildman–Crippen MR) is 68.0 cm³/mol. The number of ether oxygens (including phenoxy) is 2. The summed E-state index contributed by atoms with van der Waals surface area (Å²) in [5, 5.41) is 2.88. The van der Waals surface area contributed by atoms with Crippen LogP contribution in [0.2, 0.25) is 0 Å². The third kappa shape index (κ3) is 4.64. The molecule has 0 aliphatic heterocycles. The van der Waals surface area contributed by atoms with Crippen LogP contribution in [-0.2, 0) is 9.47 Å². The van der Waals surface area contributed by atoms with Crippen molar-refractivity contribution in [1.82, 2.24) is 9.97 Å². The van der Waals surface area contributed by atoms with E-state index in [4.69, 9.17) is 15.2 Å². The molecule has 18 heavy (non-hydrogen) atoms. The lowest BCUT2D eigenvalue weighted by Crippen LogP contribution is -2.80. The molecule has 100 valence electrons. The molecule has 7 nitrogen and oxygen atoms in total. The van der Waals surface area contributed by atoms with Crippen LogP contribution in [-0.4, -0.2) is 43.0 Å².